The van der Waals surface area contributed by atoms with Gasteiger partial charge in [0.2, 0.25) is 0 Å². The van der Waals surface area contributed by atoms with Crippen molar-refractivity contribution in [3.8, 4) is 0 Å². The standard InChI is InChI=1S/C13H18F2O/c1-8(2)10(9(3)16)7-11-12(14)5-4-6-13(11)15/h4-6,8-10,16H,7H2,1-3H3. The third-order valence-corrected chi connectivity index (χ3v) is 2.98. The van der Waals surface area contributed by atoms with Crippen LogP contribution in [-0.2, 0) is 6.42 Å². The Labute approximate surface area is 95.1 Å². The molecule has 0 aliphatic heterocycles. The van der Waals surface area contributed by atoms with Gasteiger partial charge in [0.05, 0.1) is 6.10 Å². The first kappa shape index (κ1) is 13.1. The van der Waals surface area contributed by atoms with Crippen LogP contribution in [0.2, 0.25) is 0 Å². The summed E-state index contributed by atoms with van der Waals surface area (Å²) in [6.07, 6.45) is -0.340. The summed E-state index contributed by atoms with van der Waals surface area (Å²) in [6, 6.07) is 3.84. The van der Waals surface area contributed by atoms with E-state index in [0.717, 1.165) is 0 Å². The molecule has 1 aromatic carbocycles. The zero-order valence-electron chi connectivity index (χ0n) is 9.87. The summed E-state index contributed by atoms with van der Waals surface area (Å²) in [5.41, 5.74) is 0.0714. The highest BCUT2D eigenvalue weighted by Gasteiger charge is 2.22. The third kappa shape index (κ3) is 3.01. The van der Waals surface area contributed by atoms with Crippen molar-refractivity contribution in [2.24, 2.45) is 11.8 Å². The second kappa shape index (κ2) is 5.39. The van der Waals surface area contributed by atoms with E-state index in [1.807, 2.05) is 13.8 Å². The number of hydrogen-bond acceptors (Lipinski definition) is 1. The first-order valence-corrected chi connectivity index (χ1v) is 5.54. The Morgan fingerprint density at radius 2 is 1.62 bits per heavy atom. The molecule has 0 radical (unpaired) electrons. The number of halogens is 2. The van der Waals surface area contributed by atoms with Crippen LogP contribution < -0.4 is 0 Å². The van der Waals surface area contributed by atoms with Crippen molar-refractivity contribution in [1.29, 1.82) is 0 Å². The SMILES string of the molecule is CC(C)C(Cc1c(F)cccc1F)C(C)O. The van der Waals surface area contributed by atoms with Crippen LogP contribution in [0.5, 0.6) is 0 Å². The van der Waals surface area contributed by atoms with E-state index in [1.54, 1.807) is 6.92 Å². The molecule has 0 heterocycles. The Balaban J connectivity index is 2.94. The minimum absolute atomic E-state index is 0.0714. The average Bonchev–Trinajstić information content (AvgIpc) is 2.15. The molecule has 1 aromatic rings. The van der Waals surface area contributed by atoms with Crippen molar-refractivity contribution in [3.05, 3.63) is 35.4 Å². The molecular formula is C13H18F2O. The van der Waals surface area contributed by atoms with Gasteiger partial charge < -0.3 is 5.11 Å². The number of benzene rings is 1. The molecule has 1 rings (SSSR count). The van der Waals surface area contributed by atoms with E-state index in [-0.39, 0.29) is 23.8 Å². The number of hydrogen-bond donors (Lipinski definition) is 1. The van der Waals surface area contributed by atoms with Crippen molar-refractivity contribution in [3.63, 3.8) is 0 Å². The summed E-state index contributed by atoms with van der Waals surface area (Å²) in [7, 11) is 0. The van der Waals surface area contributed by atoms with Crippen LogP contribution in [-0.4, -0.2) is 11.2 Å². The molecule has 90 valence electrons. The number of aliphatic hydroxyl groups is 1. The quantitative estimate of drug-likeness (QED) is 0.839. The van der Waals surface area contributed by atoms with Crippen LogP contribution in [0.1, 0.15) is 26.3 Å². The lowest BCUT2D eigenvalue weighted by Gasteiger charge is -2.24. The zero-order valence-corrected chi connectivity index (χ0v) is 9.87. The van der Waals surface area contributed by atoms with Crippen molar-refractivity contribution in [2.45, 2.75) is 33.3 Å². The molecule has 0 bridgehead atoms. The lowest BCUT2D eigenvalue weighted by Crippen LogP contribution is -2.25. The maximum Gasteiger partial charge on any atom is 0.129 e. The first-order valence-electron chi connectivity index (χ1n) is 5.54. The molecule has 1 nitrogen and oxygen atoms in total. The van der Waals surface area contributed by atoms with Gasteiger partial charge in [-0.2, -0.15) is 0 Å². The largest absolute Gasteiger partial charge is 0.393 e. The molecule has 0 aliphatic rings. The smallest absolute Gasteiger partial charge is 0.129 e. The van der Waals surface area contributed by atoms with Crippen LogP contribution in [0.3, 0.4) is 0 Å². The Morgan fingerprint density at radius 1 is 1.12 bits per heavy atom. The van der Waals surface area contributed by atoms with Gasteiger partial charge in [0.1, 0.15) is 11.6 Å². The molecule has 0 aliphatic carbocycles. The van der Waals surface area contributed by atoms with E-state index in [0.29, 0.717) is 0 Å². The fourth-order valence-corrected chi connectivity index (χ4v) is 1.93. The van der Waals surface area contributed by atoms with Crippen molar-refractivity contribution < 1.29 is 13.9 Å². The van der Waals surface area contributed by atoms with E-state index in [9.17, 15) is 13.9 Å². The highest BCUT2D eigenvalue weighted by molar-refractivity contribution is 5.20. The van der Waals surface area contributed by atoms with E-state index in [2.05, 4.69) is 0 Å². The van der Waals surface area contributed by atoms with E-state index < -0.39 is 17.7 Å². The number of aliphatic hydroxyl groups excluding tert-OH is 1. The van der Waals surface area contributed by atoms with Crippen LogP contribution in [0.15, 0.2) is 18.2 Å². The predicted molar refractivity (Wildman–Crippen MR) is 60.1 cm³/mol. The third-order valence-electron chi connectivity index (χ3n) is 2.98. The van der Waals surface area contributed by atoms with Gasteiger partial charge in [-0.25, -0.2) is 8.78 Å². The van der Waals surface area contributed by atoms with Crippen molar-refractivity contribution in [1.82, 2.24) is 0 Å². The Morgan fingerprint density at radius 3 is 2.00 bits per heavy atom. The highest BCUT2D eigenvalue weighted by atomic mass is 19.1. The minimum Gasteiger partial charge on any atom is -0.393 e. The van der Waals surface area contributed by atoms with Gasteiger partial charge in [-0.15, -0.1) is 0 Å². The molecule has 0 saturated heterocycles. The molecular weight excluding hydrogens is 210 g/mol. The first-order chi connectivity index (χ1) is 7.43. The predicted octanol–water partition coefficient (Wildman–Crippen LogP) is 3.16. The van der Waals surface area contributed by atoms with Gasteiger partial charge in [-0.1, -0.05) is 19.9 Å². The fourth-order valence-electron chi connectivity index (χ4n) is 1.93. The van der Waals surface area contributed by atoms with Gasteiger partial charge in [-0.05, 0) is 37.3 Å². The average molecular weight is 228 g/mol. The van der Waals surface area contributed by atoms with Crippen LogP contribution >= 0.6 is 0 Å². The van der Waals surface area contributed by atoms with Crippen LogP contribution in [0.4, 0.5) is 8.78 Å². The fraction of sp³-hybridized carbons (Fsp3) is 0.538. The van der Waals surface area contributed by atoms with Crippen molar-refractivity contribution in [2.75, 3.05) is 0 Å². The topological polar surface area (TPSA) is 20.2 Å². The zero-order chi connectivity index (χ0) is 12.3. The summed E-state index contributed by atoms with van der Waals surface area (Å²) < 4.78 is 26.8. The van der Waals surface area contributed by atoms with Crippen molar-refractivity contribution >= 4 is 0 Å². The van der Waals surface area contributed by atoms with E-state index in [1.165, 1.54) is 18.2 Å². The summed E-state index contributed by atoms with van der Waals surface area (Å²) in [5.74, 6) is -1.02. The monoisotopic (exact) mass is 228 g/mol. The van der Waals surface area contributed by atoms with Gasteiger partial charge in [-0.3, -0.25) is 0 Å². The minimum atomic E-state index is -0.570. The Kier molecular flexibility index (Phi) is 4.42. The molecule has 0 spiro atoms. The lowest BCUT2D eigenvalue weighted by atomic mass is 9.85. The molecule has 0 fully saturated rings. The summed E-state index contributed by atoms with van der Waals surface area (Å²) >= 11 is 0. The highest BCUT2D eigenvalue weighted by Crippen LogP contribution is 2.24. The maximum absolute atomic E-state index is 13.4. The van der Waals surface area contributed by atoms with Gasteiger partial charge >= 0.3 is 0 Å². The van der Waals surface area contributed by atoms with Crippen LogP contribution in [0.25, 0.3) is 0 Å². The second-order valence-electron chi connectivity index (χ2n) is 4.55. The molecule has 3 heteroatoms. The molecule has 0 amide bonds. The summed E-state index contributed by atoms with van der Waals surface area (Å²) in [4.78, 5) is 0. The van der Waals surface area contributed by atoms with Gasteiger partial charge in [0.25, 0.3) is 0 Å². The summed E-state index contributed by atoms with van der Waals surface area (Å²) in [5, 5.41) is 9.58. The molecule has 1 N–H and O–H groups in total. The Bertz CT molecular complexity index is 320. The van der Waals surface area contributed by atoms with Crippen LogP contribution in [0, 0.1) is 23.5 Å². The molecule has 0 aromatic heterocycles. The van der Waals surface area contributed by atoms with E-state index >= 15 is 0 Å². The summed E-state index contributed by atoms with van der Waals surface area (Å²) in [6.45, 7) is 5.54. The van der Waals surface area contributed by atoms with Gasteiger partial charge in [0.15, 0.2) is 0 Å². The lowest BCUT2D eigenvalue weighted by molar-refractivity contribution is 0.0966. The molecule has 2 unspecified atom stereocenters. The molecule has 0 saturated carbocycles. The van der Waals surface area contributed by atoms with E-state index in [4.69, 9.17) is 0 Å². The number of rotatable bonds is 4. The normalized spacial score (nSPS) is 15.2. The Hall–Kier alpha value is -0.960. The van der Waals surface area contributed by atoms with Gasteiger partial charge in [0, 0.05) is 5.56 Å². The maximum atomic E-state index is 13.4. The molecule has 2 atom stereocenters. The second-order valence-corrected chi connectivity index (χ2v) is 4.55. The molecule has 16 heavy (non-hydrogen) atoms.